The molecule has 0 radical (unpaired) electrons. The van der Waals surface area contributed by atoms with Gasteiger partial charge in [0.1, 0.15) is 0 Å². The number of nitrogens with zero attached hydrogens (tertiary/aromatic N) is 2. The van der Waals surface area contributed by atoms with E-state index in [1.54, 1.807) is 9.80 Å². The van der Waals surface area contributed by atoms with Crippen molar-refractivity contribution < 1.29 is 19.1 Å². The van der Waals surface area contributed by atoms with Gasteiger partial charge in [-0.25, -0.2) is 9.59 Å². The van der Waals surface area contributed by atoms with Crippen LogP contribution >= 0.6 is 0 Å². The Morgan fingerprint density at radius 2 is 1.64 bits per heavy atom. The normalized spacial score (nSPS) is 18.1. The minimum absolute atomic E-state index is 0.0738. The van der Waals surface area contributed by atoms with Gasteiger partial charge >= 0.3 is 12.1 Å². The van der Waals surface area contributed by atoms with Crippen molar-refractivity contribution in [3.63, 3.8) is 0 Å². The molecule has 0 spiro atoms. The molecule has 1 saturated carbocycles. The average molecular weight is 397 g/mol. The summed E-state index contributed by atoms with van der Waals surface area (Å²) >= 11 is 0. The molecule has 0 bridgehead atoms. The third-order valence-electron chi connectivity index (χ3n) is 5.22. The first-order valence-corrected chi connectivity index (χ1v) is 10.7. The van der Waals surface area contributed by atoms with Gasteiger partial charge < -0.3 is 25.2 Å². The van der Waals surface area contributed by atoms with Gasteiger partial charge in [0.25, 0.3) is 0 Å². The zero-order chi connectivity index (χ0) is 20.4. The quantitative estimate of drug-likeness (QED) is 0.646. The van der Waals surface area contributed by atoms with Crippen molar-refractivity contribution in [2.75, 3.05) is 39.3 Å². The van der Waals surface area contributed by atoms with Crippen molar-refractivity contribution in [1.29, 1.82) is 0 Å². The zero-order valence-electron chi connectivity index (χ0n) is 17.4. The maximum Gasteiger partial charge on any atom is 0.409 e. The van der Waals surface area contributed by atoms with Crippen molar-refractivity contribution >= 4 is 18.0 Å². The second kappa shape index (κ2) is 11.8. The van der Waals surface area contributed by atoms with E-state index in [0.29, 0.717) is 64.1 Å². The third-order valence-corrected chi connectivity index (χ3v) is 5.22. The van der Waals surface area contributed by atoms with Crippen molar-refractivity contribution in [1.82, 2.24) is 20.4 Å². The van der Waals surface area contributed by atoms with Crippen LogP contribution in [0.2, 0.25) is 0 Å². The highest BCUT2D eigenvalue weighted by Crippen LogP contribution is 2.17. The summed E-state index contributed by atoms with van der Waals surface area (Å²) in [5.74, 6) is 0.384. The highest BCUT2D eigenvalue weighted by molar-refractivity contribution is 5.77. The minimum atomic E-state index is -0.297. The van der Waals surface area contributed by atoms with E-state index in [1.165, 1.54) is 19.3 Å². The zero-order valence-corrected chi connectivity index (χ0v) is 17.4. The molecule has 2 fully saturated rings. The molecule has 4 amide bonds. The summed E-state index contributed by atoms with van der Waals surface area (Å²) in [7, 11) is 0. The predicted octanol–water partition coefficient (Wildman–Crippen LogP) is 2.34. The standard InChI is InChI=1S/C20H36N4O4/c1-16(2)15-28-20(27)24-13-11-23(12-14-24)18(25)9-6-10-21-19(26)22-17-7-4-3-5-8-17/h16-17H,3-15H2,1-2H3,(H2,21,22,26). The molecule has 1 saturated heterocycles. The van der Waals surface area contributed by atoms with E-state index in [-0.39, 0.29) is 18.0 Å². The predicted molar refractivity (Wildman–Crippen MR) is 107 cm³/mol. The van der Waals surface area contributed by atoms with Gasteiger partial charge in [0.2, 0.25) is 5.91 Å². The summed E-state index contributed by atoms with van der Waals surface area (Å²) in [6, 6.07) is 0.159. The molecule has 28 heavy (non-hydrogen) atoms. The van der Waals surface area contributed by atoms with Crippen LogP contribution in [0.4, 0.5) is 9.59 Å². The number of nitrogens with one attached hydrogen (secondary N) is 2. The molecule has 2 aliphatic rings. The van der Waals surface area contributed by atoms with Gasteiger partial charge in [-0.15, -0.1) is 0 Å². The van der Waals surface area contributed by atoms with E-state index in [1.807, 2.05) is 13.8 Å². The first-order valence-electron chi connectivity index (χ1n) is 10.7. The summed E-state index contributed by atoms with van der Waals surface area (Å²) in [4.78, 5) is 39.6. The van der Waals surface area contributed by atoms with E-state index in [9.17, 15) is 14.4 Å². The van der Waals surface area contributed by atoms with E-state index in [4.69, 9.17) is 4.74 Å². The Balaban J connectivity index is 1.55. The lowest BCUT2D eigenvalue weighted by Gasteiger charge is -2.34. The summed E-state index contributed by atoms with van der Waals surface area (Å²) in [5, 5.41) is 5.85. The first kappa shape index (κ1) is 22.3. The number of rotatable bonds is 7. The lowest BCUT2D eigenvalue weighted by atomic mass is 9.96. The van der Waals surface area contributed by atoms with Crippen LogP contribution in [-0.2, 0) is 9.53 Å². The lowest BCUT2D eigenvalue weighted by Crippen LogP contribution is -2.51. The third kappa shape index (κ3) is 7.94. The van der Waals surface area contributed by atoms with Crippen LogP contribution in [0.5, 0.6) is 0 Å². The molecule has 2 N–H and O–H groups in total. The number of hydrogen-bond donors (Lipinski definition) is 2. The Bertz CT molecular complexity index is 512. The molecule has 2 rings (SSSR count). The number of carbonyl (C=O) groups excluding carboxylic acids is 3. The van der Waals surface area contributed by atoms with Gasteiger partial charge in [-0.05, 0) is 25.2 Å². The summed E-state index contributed by atoms with van der Waals surface area (Å²) in [6.45, 7) is 6.98. The number of hydrogen-bond acceptors (Lipinski definition) is 4. The fourth-order valence-electron chi connectivity index (χ4n) is 3.55. The van der Waals surface area contributed by atoms with Crippen molar-refractivity contribution in [2.24, 2.45) is 5.92 Å². The molecule has 8 heteroatoms. The Morgan fingerprint density at radius 3 is 2.29 bits per heavy atom. The van der Waals surface area contributed by atoms with E-state index in [0.717, 1.165) is 12.8 Å². The van der Waals surface area contributed by atoms with Crippen LogP contribution < -0.4 is 10.6 Å². The van der Waals surface area contributed by atoms with Crippen LogP contribution in [0.1, 0.15) is 58.8 Å². The van der Waals surface area contributed by atoms with Gasteiger partial charge in [0.05, 0.1) is 6.61 Å². The molecule has 0 aromatic rings. The Morgan fingerprint density at radius 1 is 1.00 bits per heavy atom. The van der Waals surface area contributed by atoms with E-state index in [2.05, 4.69) is 10.6 Å². The minimum Gasteiger partial charge on any atom is -0.449 e. The monoisotopic (exact) mass is 396 g/mol. The Kier molecular flexibility index (Phi) is 9.37. The molecule has 0 atom stereocenters. The maximum absolute atomic E-state index is 12.3. The number of urea groups is 1. The van der Waals surface area contributed by atoms with Gasteiger partial charge in [0, 0.05) is 45.2 Å². The molecule has 160 valence electrons. The van der Waals surface area contributed by atoms with E-state index >= 15 is 0 Å². The molecular weight excluding hydrogens is 360 g/mol. The van der Waals surface area contributed by atoms with Crippen molar-refractivity contribution in [2.45, 2.75) is 64.8 Å². The Labute approximate surface area is 168 Å². The number of amides is 4. The van der Waals surface area contributed by atoms with Gasteiger partial charge in [-0.2, -0.15) is 0 Å². The second-order valence-electron chi connectivity index (χ2n) is 8.18. The molecule has 0 aromatic carbocycles. The highest BCUT2D eigenvalue weighted by atomic mass is 16.6. The van der Waals surface area contributed by atoms with Gasteiger partial charge in [0.15, 0.2) is 0 Å². The molecule has 1 aliphatic carbocycles. The molecule has 8 nitrogen and oxygen atoms in total. The fourth-order valence-corrected chi connectivity index (χ4v) is 3.55. The lowest BCUT2D eigenvalue weighted by molar-refractivity contribution is -0.132. The number of carbonyl (C=O) groups is 3. The summed E-state index contributed by atoms with van der Waals surface area (Å²) in [5.41, 5.74) is 0. The Hall–Kier alpha value is -1.99. The average Bonchev–Trinajstić information content (AvgIpc) is 2.70. The molecule has 0 aromatic heterocycles. The van der Waals surface area contributed by atoms with Crippen LogP contribution in [0, 0.1) is 5.92 Å². The molecule has 0 unspecified atom stereocenters. The van der Waals surface area contributed by atoms with Gasteiger partial charge in [-0.1, -0.05) is 33.1 Å². The highest BCUT2D eigenvalue weighted by Gasteiger charge is 2.24. The van der Waals surface area contributed by atoms with Gasteiger partial charge in [-0.3, -0.25) is 4.79 Å². The maximum atomic E-state index is 12.3. The summed E-state index contributed by atoms with van der Waals surface area (Å²) < 4.78 is 5.23. The molecular formula is C20H36N4O4. The number of piperazine rings is 1. The first-order chi connectivity index (χ1) is 13.5. The van der Waals surface area contributed by atoms with Crippen LogP contribution in [0.3, 0.4) is 0 Å². The summed E-state index contributed by atoms with van der Waals surface area (Å²) in [6.07, 6.45) is 6.47. The van der Waals surface area contributed by atoms with Crippen LogP contribution in [0.25, 0.3) is 0 Å². The van der Waals surface area contributed by atoms with Crippen LogP contribution in [-0.4, -0.2) is 73.2 Å². The fraction of sp³-hybridized carbons (Fsp3) is 0.850. The number of ether oxygens (including phenoxy) is 1. The topological polar surface area (TPSA) is 91.0 Å². The SMILES string of the molecule is CC(C)COC(=O)N1CCN(C(=O)CCCNC(=O)NC2CCCCC2)CC1. The second-order valence-corrected chi connectivity index (χ2v) is 8.18. The smallest absolute Gasteiger partial charge is 0.409 e. The van der Waals surface area contributed by atoms with Crippen LogP contribution in [0.15, 0.2) is 0 Å². The molecule has 1 aliphatic heterocycles. The van der Waals surface area contributed by atoms with Crippen molar-refractivity contribution in [3.05, 3.63) is 0 Å². The van der Waals surface area contributed by atoms with Crippen molar-refractivity contribution in [3.8, 4) is 0 Å². The van der Waals surface area contributed by atoms with E-state index < -0.39 is 0 Å². The molecule has 1 heterocycles. The largest absolute Gasteiger partial charge is 0.449 e.